The van der Waals surface area contributed by atoms with Crippen molar-refractivity contribution in [3.63, 3.8) is 0 Å². The van der Waals surface area contributed by atoms with Crippen molar-refractivity contribution in [3.8, 4) is 0 Å². The first kappa shape index (κ1) is 51.5. The normalized spacial score (nSPS) is 48.7. The van der Waals surface area contributed by atoms with Gasteiger partial charge in [-0.05, 0) is 103 Å². The van der Waals surface area contributed by atoms with E-state index in [-0.39, 0.29) is 41.8 Å². The van der Waals surface area contributed by atoms with Crippen LogP contribution < -0.4 is 5.32 Å². The molecule has 8 rings (SSSR count). The van der Waals surface area contributed by atoms with Gasteiger partial charge in [0.05, 0.1) is 43.0 Å². The molecule has 382 valence electrons. The van der Waals surface area contributed by atoms with E-state index in [0.29, 0.717) is 62.6 Å². The topological polar surface area (TPSA) is 295 Å². The lowest BCUT2D eigenvalue weighted by Crippen LogP contribution is -2.70. The summed E-state index contributed by atoms with van der Waals surface area (Å²) in [5, 5.41) is 113. The first-order chi connectivity index (χ1) is 31.9. The molecule has 2 saturated heterocycles. The van der Waals surface area contributed by atoms with Gasteiger partial charge in [-0.1, -0.05) is 65.3 Å². The third-order valence-electron chi connectivity index (χ3n) is 19.1. The summed E-state index contributed by atoms with van der Waals surface area (Å²) in [5.74, 6) is -2.50. The lowest BCUT2D eigenvalue weighted by atomic mass is 9.33. The number of esters is 1. The van der Waals surface area contributed by atoms with E-state index in [9.17, 15) is 60.7 Å². The summed E-state index contributed by atoms with van der Waals surface area (Å²) in [6.45, 7) is 11.6. The van der Waals surface area contributed by atoms with Crippen LogP contribution in [0.1, 0.15) is 103 Å². The number of hydrogen-bond acceptors (Lipinski definition) is 17. The summed E-state index contributed by atoms with van der Waals surface area (Å²) < 4.78 is 29.9. The number of carbonyl (C=O) groups excluding carboxylic acids is 1. The molecule has 2 heterocycles. The molecule has 0 bridgehead atoms. The molecule has 11 N–H and O–H groups in total. The molecule has 18 heteroatoms. The van der Waals surface area contributed by atoms with Gasteiger partial charge < -0.3 is 80.1 Å². The molecule has 1 aromatic rings. The van der Waals surface area contributed by atoms with Gasteiger partial charge in [0.1, 0.15) is 48.8 Å². The molecule has 7 aliphatic rings. The Labute approximate surface area is 397 Å². The predicted octanol–water partition coefficient (Wildman–Crippen LogP) is 1.70. The Balaban J connectivity index is 1.06. The third-order valence-corrected chi connectivity index (χ3v) is 19.1. The molecule has 1 aromatic carbocycles. The van der Waals surface area contributed by atoms with Gasteiger partial charge >= 0.3 is 11.9 Å². The predicted molar refractivity (Wildman–Crippen MR) is 241 cm³/mol. The van der Waals surface area contributed by atoms with Crippen molar-refractivity contribution >= 4 is 17.6 Å². The zero-order chi connectivity index (χ0) is 49.7. The van der Waals surface area contributed by atoms with Gasteiger partial charge in [-0.25, -0.2) is 9.59 Å². The zero-order valence-electron chi connectivity index (χ0n) is 40.2. The summed E-state index contributed by atoms with van der Waals surface area (Å²) in [5.41, 5.74) is -1.51. The SMILES string of the molecule is CNc1ccccc1C(=O)O[C@H]1CC(C)(C)C[C@H]2C3=CC[C@@H]4[C@@]5(C)CC[C@H](O[C@H]6O[C@H](C(=O)O)[C@@H](O)[C@H](O[C@@H]7O[C@H](CO)[C@@H](O)[C@H](O)[C@H]7O)[C@H]6O)[C@@](C)(CO)[C@@H]5CC[C@@]4(C)[C@]3(C)C[C@H](O)[C@@]12CO. The average molecular weight is 962 g/mol. The molecule has 4 saturated carbocycles. The van der Waals surface area contributed by atoms with E-state index in [4.69, 9.17) is 23.7 Å². The maximum Gasteiger partial charge on any atom is 0.340 e. The minimum atomic E-state index is -2.02. The van der Waals surface area contributed by atoms with Crippen LogP contribution >= 0.6 is 0 Å². The highest BCUT2D eigenvalue weighted by Gasteiger charge is 2.72. The molecule has 2 aliphatic heterocycles. The fourth-order valence-electron chi connectivity index (χ4n) is 15.2. The van der Waals surface area contributed by atoms with Crippen LogP contribution in [0.25, 0.3) is 0 Å². The van der Waals surface area contributed by atoms with Crippen LogP contribution in [-0.4, -0.2) is 170 Å². The largest absolute Gasteiger partial charge is 0.479 e. The maximum atomic E-state index is 14.0. The number of aliphatic hydroxyl groups excluding tert-OH is 9. The summed E-state index contributed by atoms with van der Waals surface area (Å²) in [6.07, 6.45) is -13.8. The van der Waals surface area contributed by atoms with Crippen LogP contribution in [0.3, 0.4) is 0 Å². The number of fused-ring (bicyclic) bond motifs is 7. The lowest BCUT2D eigenvalue weighted by Gasteiger charge is -2.72. The van der Waals surface area contributed by atoms with Gasteiger partial charge in [0.2, 0.25) is 0 Å². The first-order valence-corrected chi connectivity index (χ1v) is 24.4. The van der Waals surface area contributed by atoms with Gasteiger partial charge in [0.15, 0.2) is 18.7 Å². The number of aliphatic carboxylic acids is 1. The third kappa shape index (κ3) is 7.78. The fourth-order valence-corrected chi connectivity index (χ4v) is 15.2. The van der Waals surface area contributed by atoms with E-state index in [0.717, 1.165) is 0 Å². The van der Waals surface area contributed by atoms with Gasteiger partial charge in [-0.3, -0.25) is 0 Å². The number of allylic oxidation sites excluding steroid dienone is 2. The number of ether oxygens (including phenoxy) is 5. The number of rotatable bonds is 11. The number of carboxylic acids is 1. The van der Waals surface area contributed by atoms with Crippen LogP contribution in [0.5, 0.6) is 0 Å². The number of carbonyl (C=O) groups is 2. The summed E-state index contributed by atoms with van der Waals surface area (Å²) in [7, 11) is 1.74. The Morgan fingerprint density at radius 1 is 0.765 bits per heavy atom. The molecule has 68 heavy (non-hydrogen) atoms. The Bertz CT molecular complexity index is 2070. The van der Waals surface area contributed by atoms with E-state index >= 15 is 0 Å². The maximum absolute atomic E-state index is 14.0. The van der Waals surface area contributed by atoms with Crippen LogP contribution in [0.15, 0.2) is 35.9 Å². The quantitative estimate of drug-likeness (QED) is 0.0855. The molecule has 21 atom stereocenters. The molecule has 6 fully saturated rings. The van der Waals surface area contributed by atoms with Crippen LogP contribution in [0.4, 0.5) is 5.69 Å². The summed E-state index contributed by atoms with van der Waals surface area (Å²) in [4.78, 5) is 26.4. The number of carboxylic acid groups (broad SMARTS) is 1. The van der Waals surface area contributed by atoms with Gasteiger partial charge in [-0.2, -0.15) is 0 Å². The first-order valence-electron chi connectivity index (χ1n) is 24.4. The average Bonchev–Trinajstić information content (AvgIpc) is 3.29. The number of para-hydroxylation sites is 1. The molecule has 0 radical (unpaired) electrons. The summed E-state index contributed by atoms with van der Waals surface area (Å²) in [6, 6.07) is 7.11. The highest BCUT2D eigenvalue weighted by atomic mass is 16.7. The number of benzene rings is 1. The Hall–Kier alpha value is -2.82. The molecule has 0 unspecified atom stereocenters. The van der Waals surface area contributed by atoms with Crippen LogP contribution in [0, 0.1) is 50.2 Å². The van der Waals surface area contributed by atoms with Gasteiger partial charge in [-0.15, -0.1) is 0 Å². The molecular formula is C50H75NO17. The van der Waals surface area contributed by atoms with E-state index in [1.807, 2.05) is 13.0 Å². The van der Waals surface area contributed by atoms with E-state index in [1.165, 1.54) is 5.57 Å². The van der Waals surface area contributed by atoms with Gasteiger partial charge in [0.25, 0.3) is 0 Å². The van der Waals surface area contributed by atoms with E-state index in [2.05, 4.69) is 46.0 Å². The monoisotopic (exact) mass is 962 g/mol. The lowest BCUT2D eigenvalue weighted by molar-refractivity contribution is -0.366. The van der Waals surface area contributed by atoms with Crippen LogP contribution in [-0.2, 0) is 28.5 Å². The van der Waals surface area contributed by atoms with Crippen molar-refractivity contribution in [2.75, 3.05) is 32.2 Å². The smallest absolute Gasteiger partial charge is 0.340 e. The van der Waals surface area contributed by atoms with Crippen molar-refractivity contribution in [2.24, 2.45) is 50.2 Å². The number of anilines is 1. The van der Waals surface area contributed by atoms with Crippen molar-refractivity contribution in [1.82, 2.24) is 0 Å². The minimum Gasteiger partial charge on any atom is -0.479 e. The minimum absolute atomic E-state index is 0.0609. The molecule has 0 amide bonds. The fraction of sp³-hybridized carbons (Fsp3) is 0.800. The zero-order valence-corrected chi connectivity index (χ0v) is 40.2. The van der Waals surface area contributed by atoms with Crippen molar-refractivity contribution in [2.45, 2.75) is 173 Å². The van der Waals surface area contributed by atoms with Crippen molar-refractivity contribution < 1.29 is 84.3 Å². The standard InChI is InChI=1S/C50H75NO17/c1-45(2)18-26-25-12-13-30-46(3)16-15-32(66-44-38(60)39(37(59)40(68-44)41(61)62)67-43-36(58)35(57)34(56)28(21-52)64-43)47(4,22-53)29(46)14-17-48(30,5)49(25,6)19-31(55)50(26,23-54)33(20-45)65-42(63)24-10-8-9-11-27(24)51-7/h8-12,26,28-40,43-44,51-60H,13-23H2,1-7H3,(H,61,62)/t26-,28+,29+,30+,31-,32-,33-,34+,35-,36+,37-,38+,39-,40-,43-,44-,46-,47-,48+,49+,50-/m0/s1. The molecular weight excluding hydrogens is 887 g/mol. The Morgan fingerprint density at radius 2 is 1.46 bits per heavy atom. The van der Waals surface area contributed by atoms with Crippen molar-refractivity contribution in [1.29, 1.82) is 0 Å². The van der Waals surface area contributed by atoms with E-state index in [1.54, 1.807) is 25.2 Å². The highest BCUT2D eigenvalue weighted by Crippen LogP contribution is 2.76. The number of aliphatic hydroxyl groups is 9. The van der Waals surface area contributed by atoms with Gasteiger partial charge in [0, 0.05) is 18.2 Å². The second-order valence-electron chi connectivity index (χ2n) is 23.0. The summed E-state index contributed by atoms with van der Waals surface area (Å²) >= 11 is 0. The second kappa shape index (κ2) is 18.3. The Morgan fingerprint density at radius 3 is 2.10 bits per heavy atom. The Kier molecular flexibility index (Phi) is 13.9. The number of nitrogens with one attached hydrogen (secondary N) is 1. The second-order valence-corrected chi connectivity index (χ2v) is 23.0. The molecule has 5 aliphatic carbocycles. The highest BCUT2D eigenvalue weighted by molar-refractivity contribution is 5.95. The van der Waals surface area contributed by atoms with Crippen LogP contribution in [0.2, 0.25) is 0 Å². The number of hydrogen-bond donors (Lipinski definition) is 11. The molecule has 0 aromatic heterocycles. The van der Waals surface area contributed by atoms with Crippen molar-refractivity contribution in [3.05, 3.63) is 41.5 Å². The molecule has 18 nitrogen and oxygen atoms in total. The van der Waals surface area contributed by atoms with E-state index < -0.39 is 120 Å². The molecule has 0 spiro atoms.